The van der Waals surface area contributed by atoms with E-state index in [0.717, 1.165) is 5.56 Å². The summed E-state index contributed by atoms with van der Waals surface area (Å²) < 4.78 is 17.9. The lowest BCUT2D eigenvalue weighted by molar-refractivity contribution is -0.482. The summed E-state index contributed by atoms with van der Waals surface area (Å²) in [7, 11) is 3.29. The van der Waals surface area contributed by atoms with Crippen molar-refractivity contribution in [3.63, 3.8) is 0 Å². The van der Waals surface area contributed by atoms with Crippen LogP contribution >= 0.6 is 0 Å². The molecule has 0 spiro atoms. The quantitative estimate of drug-likeness (QED) is 0.242. The predicted molar refractivity (Wildman–Crippen MR) is 112 cm³/mol. The van der Waals surface area contributed by atoms with Crippen molar-refractivity contribution in [3.8, 4) is 0 Å². The van der Waals surface area contributed by atoms with Crippen LogP contribution in [-0.4, -0.2) is 106 Å². The molecule has 4 rings (SSSR count). The van der Waals surface area contributed by atoms with Gasteiger partial charge in [0.1, 0.15) is 23.9 Å². The standard InChI is InChI=1S/C21H34N4O7/c1-11-8-20(28,10-25-9-12-4-6-24-7-5-12)21(29)19(30-11)31-18-16(27)13(22-2)15(26)14(23-3)17(18)32-21/h4-7,11,13-19,22-23,25-29H,8-10H2,1-3H3/t11-,13-,14+,15+,16+,17-,18?,19+,20-,21-/m1/s1. The van der Waals surface area contributed by atoms with Crippen molar-refractivity contribution in [2.45, 2.75) is 80.2 Å². The van der Waals surface area contributed by atoms with E-state index in [1.165, 1.54) is 0 Å². The molecule has 10 atom stereocenters. The molecule has 1 unspecified atom stereocenters. The first-order valence-electron chi connectivity index (χ1n) is 11.0. The van der Waals surface area contributed by atoms with Crippen molar-refractivity contribution >= 4 is 0 Å². The lowest BCUT2D eigenvalue weighted by Gasteiger charge is -2.60. The molecule has 32 heavy (non-hydrogen) atoms. The molecule has 1 aromatic heterocycles. The van der Waals surface area contributed by atoms with Gasteiger partial charge in [-0.1, -0.05) is 0 Å². The van der Waals surface area contributed by atoms with E-state index in [9.17, 15) is 20.4 Å². The molecule has 11 nitrogen and oxygen atoms in total. The number of nitrogens with one attached hydrogen (secondary N) is 3. The molecule has 0 radical (unpaired) electrons. The molecule has 1 saturated carbocycles. The normalized spacial score (nSPS) is 46.3. The highest BCUT2D eigenvalue weighted by Crippen LogP contribution is 2.46. The Bertz CT molecular complexity index is 776. The zero-order valence-electron chi connectivity index (χ0n) is 18.5. The predicted octanol–water partition coefficient (Wildman–Crippen LogP) is -2.58. The zero-order valence-corrected chi connectivity index (χ0v) is 18.5. The van der Waals surface area contributed by atoms with Crippen LogP contribution in [0.2, 0.25) is 0 Å². The van der Waals surface area contributed by atoms with Crippen LogP contribution < -0.4 is 16.0 Å². The third kappa shape index (κ3) is 3.96. The third-order valence-corrected chi connectivity index (χ3v) is 6.84. The molecule has 180 valence electrons. The largest absolute Gasteiger partial charge is 0.390 e. The van der Waals surface area contributed by atoms with Gasteiger partial charge in [-0.25, -0.2) is 0 Å². The van der Waals surface area contributed by atoms with E-state index in [-0.39, 0.29) is 13.0 Å². The fourth-order valence-electron chi connectivity index (χ4n) is 5.14. The van der Waals surface area contributed by atoms with Crippen molar-refractivity contribution in [2.24, 2.45) is 0 Å². The summed E-state index contributed by atoms with van der Waals surface area (Å²) in [6, 6.07) is 2.36. The summed E-state index contributed by atoms with van der Waals surface area (Å²) in [5.41, 5.74) is -0.776. The first kappa shape index (κ1) is 23.9. The Morgan fingerprint density at radius 1 is 1.03 bits per heavy atom. The minimum Gasteiger partial charge on any atom is -0.390 e. The maximum atomic E-state index is 11.6. The number of hydrogen-bond acceptors (Lipinski definition) is 11. The average molecular weight is 455 g/mol. The molecular formula is C21H34N4O7. The van der Waals surface area contributed by atoms with Crippen molar-refractivity contribution in [3.05, 3.63) is 30.1 Å². The molecule has 1 aromatic rings. The van der Waals surface area contributed by atoms with Gasteiger partial charge in [-0.05, 0) is 38.7 Å². The van der Waals surface area contributed by atoms with E-state index >= 15 is 0 Å². The van der Waals surface area contributed by atoms with E-state index < -0.39 is 60.3 Å². The van der Waals surface area contributed by atoms with Crippen molar-refractivity contribution in [1.29, 1.82) is 0 Å². The number of ether oxygens (including phenoxy) is 3. The number of pyridine rings is 1. The van der Waals surface area contributed by atoms with Gasteiger partial charge in [0.15, 0.2) is 0 Å². The molecule has 2 saturated heterocycles. The van der Waals surface area contributed by atoms with Crippen molar-refractivity contribution < 1.29 is 34.6 Å². The molecule has 0 amide bonds. The van der Waals surface area contributed by atoms with Crippen LogP contribution in [0.4, 0.5) is 0 Å². The highest BCUT2D eigenvalue weighted by molar-refractivity contribution is 5.13. The summed E-state index contributed by atoms with van der Waals surface area (Å²) >= 11 is 0. The number of hydrogen-bond donors (Lipinski definition) is 7. The van der Waals surface area contributed by atoms with Gasteiger partial charge in [0.05, 0.1) is 24.3 Å². The lowest BCUT2D eigenvalue weighted by Crippen LogP contribution is -2.81. The van der Waals surface area contributed by atoms with Crippen molar-refractivity contribution in [1.82, 2.24) is 20.9 Å². The molecule has 3 fully saturated rings. The van der Waals surface area contributed by atoms with E-state index in [1.807, 2.05) is 12.1 Å². The van der Waals surface area contributed by atoms with Gasteiger partial charge in [-0.3, -0.25) is 4.98 Å². The Morgan fingerprint density at radius 3 is 2.38 bits per heavy atom. The molecule has 2 aliphatic heterocycles. The summed E-state index contributed by atoms with van der Waals surface area (Å²) in [4.78, 5) is 3.99. The van der Waals surface area contributed by atoms with E-state index in [0.29, 0.717) is 6.54 Å². The number of fused-ring (bicyclic) bond motifs is 2. The molecule has 3 heterocycles. The van der Waals surface area contributed by atoms with Crippen LogP contribution in [0.3, 0.4) is 0 Å². The van der Waals surface area contributed by atoms with Gasteiger partial charge < -0.3 is 50.6 Å². The molecule has 7 N–H and O–H groups in total. The van der Waals surface area contributed by atoms with Crippen molar-refractivity contribution in [2.75, 3.05) is 20.6 Å². The highest BCUT2D eigenvalue weighted by Gasteiger charge is 2.68. The van der Waals surface area contributed by atoms with Crippen LogP contribution in [0.1, 0.15) is 18.9 Å². The number of aliphatic hydroxyl groups is 4. The molecule has 11 heteroatoms. The lowest BCUT2D eigenvalue weighted by atomic mass is 9.77. The molecule has 0 aromatic carbocycles. The summed E-state index contributed by atoms with van der Waals surface area (Å²) in [6.45, 7) is 2.23. The fourth-order valence-corrected chi connectivity index (χ4v) is 5.14. The minimum absolute atomic E-state index is 0.00520. The Morgan fingerprint density at radius 2 is 1.72 bits per heavy atom. The van der Waals surface area contributed by atoms with Crippen LogP contribution in [0.5, 0.6) is 0 Å². The van der Waals surface area contributed by atoms with Gasteiger partial charge in [0.2, 0.25) is 12.1 Å². The Labute approximate surface area is 187 Å². The molecular weight excluding hydrogens is 420 g/mol. The second-order valence-electron chi connectivity index (χ2n) is 8.96. The maximum absolute atomic E-state index is 11.6. The van der Waals surface area contributed by atoms with Gasteiger partial charge in [0, 0.05) is 31.9 Å². The van der Waals surface area contributed by atoms with Crippen LogP contribution in [0.25, 0.3) is 0 Å². The SMILES string of the molecule is CN[C@@H]1[C@H](O)[C@H](NC)[C@H]2O[C@]3(O)[C@H](OC2[C@H]1O)O[C@H](C)C[C@@]3(O)CNCc1ccncc1. The first-order chi connectivity index (χ1) is 15.2. The van der Waals surface area contributed by atoms with Gasteiger partial charge in [-0.15, -0.1) is 0 Å². The van der Waals surface area contributed by atoms with E-state index in [2.05, 4.69) is 20.9 Å². The Kier molecular flexibility index (Phi) is 6.86. The number of rotatable bonds is 6. The minimum atomic E-state index is -2.22. The third-order valence-electron chi connectivity index (χ3n) is 6.84. The second kappa shape index (κ2) is 9.18. The molecule has 0 bridgehead atoms. The van der Waals surface area contributed by atoms with E-state index in [1.54, 1.807) is 33.4 Å². The van der Waals surface area contributed by atoms with Gasteiger partial charge in [-0.2, -0.15) is 0 Å². The van der Waals surface area contributed by atoms with E-state index in [4.69, 9.17) is 14.2 Å². The molecule has 1 aliphatic carbocycles. The second-order valence-corrected chi connectivity index (χ2v) is 8.96. The number of aliphatic hydroxyl groups excluding tert-OH is 2. The number of likely N-dealkylation sites (N-methyl/N-ethyl adjacent to an activating group) is 2. The first-order valence-corrected chi connectivity index (χ1v) is 11.0. The summed E-state index contributed by atoms with van der Waals surface area (Å²) in [5, 5.41) is 53.8. The summed E-state index contributed by atoms with van der Waals surface area (Å²) in [5.74, 6) is -2.22. The number of aromatic nitrogens is 1. The van der Waals surface area contributed by atoms with Crippen LogP contribution in [0, 0.1) is 0 Å². The summed E-state index contributed by atoms with van der Waals surface area (Å²) in [6.07, 6.45) is -2.25. The average Bonchev–Trinajstić information content (AvgIpc) is 2.75. The highest BCUT2D eigenvalue weighted by atomic mass is 16.8. The van der Waals surface area contributed by atoms with Gasteiger partial charge in [0.25, 0.3) is 0 Å². The van der Waals surface area contributed by atoms with Crippen LogP contribution in [0.15, 0.2) is 24.5 Å². The smallest absolute Gasteiger partial charge is 0.249 e. The fraction of sp³-hybridized carbons (Fsp3) is 0.762. The topological polar surface area (TPSA) is 158 Å². The van der Waals surface area contributed by atoms with Crippen LogP contribution in [-0.2, 0) is 20.8 Å². The van der Waals surface area contributed by atoms with Gasteiger partial charge >= 0.3 is 0 Å². The maximum Gasteiger partial charge on any atom is 0.249 e. The molecule has 3 aliphatic rings. The Balaban J connectivity index is 1.57. The Hall–Kier alpha value is -1.25. The zero-order chi connectivity index (χ0) is 23.1. The monoisotopic (exact) mass is 454 g/mol. The number of nitrogens with zero attached hydrogens (tertiary/aromatic N) is 1.